The van der Waals surface area contributed by atoms with Gasteiger partial charge in [0, 0.05) is 37.1 Å². The number of alkyl halides is 2. The number of rotatable bonds is 5. The fourth-order valence-electron chi connectivity index (χ4n) is 4.92. The number of carbonyl (C=O) groups is 1. The third kappa shape index (κ3) is 3.45. The van der Waals surface area contributed by atoms with Crippen molar-refractivity contribution in [1.82, 2.24) is 10.6 Å². The predicted octanol–water partition coefficient (Wildman–Crippen LogP) is 3.28. The van der Waals surface area contributed by atoms with Crippen LogP contribution in [0.5, 0.6) is 23.0 Å². The van der Waals surface area contributed by atoms with Crippen molar-refractivity contribution in [2.45, 2.75) is 43.1 Å². The van der Waals surface area contributed by atoms with Crippen molar-refractivity contribution in [3.63, 3.8) is 0 Å². The van der Waals surface area contributed by atoms with Gasteiger partial charge in [0.1, 0.15) is 17.6 Å². The zero-order chi connectivity index (χ0) is 22.8. The first-order valence-corrected chi connectivity index (χ1v) is 11.1. The molecule has 1 aliphatic carbocycles. The Hall–Kier alpha value is -3.07. The number of carbonyl (C=O) groups excluding carboxylic acids is 1. The van der Waals surface area contributed by atoms with E-state index in [1.165, 1.54) is 12.1 Å². The molecule has 0 bridgehead atoms. The average Bonchev–Trinajstić information content (AvgIpc) is 3.49. The zero-order valence-electron chi connectivity index (χ0n) is 18.0. The monoisotopic (exact) mass is 458 g/mol. The van der Waals surface area contributed by atoms with Crippen LogP contribution in [-0.2, 0) is 10.2 Å². The van der Waals surface area contributed by atoms with Gasteiger partial charge in [0.2, 0.25) is 5.91 Å². The van der Waals surface area contributed by atoms with E-state index in [2.05, 4.69) is 20.1 Å². The summed E-state index contributed by atoms with van der Waals surface area (Å²) in [4.78, 5) is 13.5. The first kappa shape index (κ1) is 20.5. The van der Waals surface area contributed by atoms with Gasteiger partial charge in [0.05, 0.1) is 18.6 Å². The lowest BCUT2D eigenvalue weighted by atomic mass is 9.86. The van der Waals surface area contributed by atoms with E-state index >= 15 is 0 Å². The summed E-state index contributed by atoms with van der Waals surface area (Å²) < 4.78 is 47.6. The summed E-state index contributed by atoms with van der Waals surface area (Å²) in [5.41, 5.74) is 0.810. The van der Waals surface area contributed by atoms with Gasteiger partial charge in [-0.3, -0.25) is 4.79 Å². The maximum Gasteiger partial charge on any atom is 0.586 e. The number of hydrogen-bond acceptors (Lipinski definition) is 6. The molecule has 174 valence electrons. The summed E-state index contributed by atoms with van der Waals surface area (Å²) in [5.74, 6) is 1.61. The third-order valence-corrected chi connectivity index (χ3v) is 7.13. The summed E-state index contributed by atoms with van der Waals surface area (Å²) in [5, 5.41) is 6.51. The summed E-state index contributed by atoms with van der Waals surface area (Å²) in [6.07, 6.45) is -1.74. The van der Waals surface area contributed by atoms with Crippen LogP contribution in [0.3, 0.4) is 0 Å². The number of methoxy groups -OCH3 is 1. The molecule has 2 N–H and O–H groups in total. The highest BCUT2D eigenvalue weighted by atomic mass is 19.3. The second-order valence-electron chi connectivity index (χ2n) is 9.15. The second-order valence-corrected chi connectivity index (χ2v) is 9.15. The van der Waals surface area contributed by atoms with Crippen molar-refractivity contribution >= 4 is 5.91 Å². The number of ether oxygens (including phenoxy) is 4. The standard InChI is InChI=1S/C24H24F2N2O5/c1-30-15-3-4-16-17(10-19(13-11-27-12-13)31-20(16)9-15)28-22(29)23(6-7-23)14-2-5-18-21(8-14)33-24(25,26)32-18/h2-5,8-9,13,17,19,27H,6-7,10-12H2,1H3,(H,28,29). The van der Waals surface area contributed by atoms with Gasteiger partial charge < -0.3 is 29.6 Å². The Balaban J connectivity index is 1.26. The Morgan fingerprint density at radius 1 is 1.09 bits per heavy atom. The number of benzene rings is 2. The summed E-state index contributed by atoms with van der Waals surface area (Å²) in [6.45, 7) is 1.77. The van der Waals surface area contributed by atoms with Gasteiger partial charge in [-0.15, -0.1) is 8.78 Å². The van der Waals surface area contributed by atoms with Crippen molar-refractivity contribution < 1.29 is 32.5 Å². The van der Waals surface area contributed by atoms with Crippen LogP contribution in [0.25, 0.3) is 0 Å². The smallest absolute Gasteiger partial charge is 0.497 e. The first-order chi connectivity index (χ1) is 15.9. The molecule has 2 aromatic carbocycles. The first-order valence-electron chi connectivity index (χ1n) is 11.1. The molecule has 4 aliphatic rings. The summed E-state index contributed by atoms with van der Waals surface area (Å²) >= 11 is 0. The minimum Gasteiger partial charge on any atom is -0.497 e. The molecule has 1 saturated heterocycles. The van der Waals surface area contributed by atoms with Gasteiger partial charge in [-0.05, 0) is 42.7 Å². The molecule has 3 heterocycles. The van der Waals surface area contributed by atoms with Gasteiger partial charge in [-0.25, -0.2) is 0 Å². The lowest BCUT2D eigenvalue weighted by Gasteiger charge is -2.41. The highest BCUT2D eigenvalue weighted by Gasteiger charge is 2.53. The molecule has 0 radical (unpaired) electrons. The summed E-state index contributed by atoms with van der Waals surface area (Å²) in [7, 11) is 1.61. The normalized spacial score (nSPS) is 25.9. The lowest BCUT2D eigenvalue weighted by molar-refractivity contribution is -0.286. The van der Waals surface area contributed by atoms with Gasteiger partial charge in [-0.2, -0.15) is 0 Å². The molecule has 7 nitrogen and oxygen atoms in total. The van der Waals surface area contributed by atoms with Crippen LogP contribution in [0.2, 0.25) is 0 Å². The summed E-state index contributed by atoms with van der Waals surface area (Å²) in [6, 6.07) is 10.0. The van der Waals surface area contributed by atoms with E-state index in [0.717, 1.165) is 24.4 Å². The average molecular weight is 458 g/mol. The van der Waals surface area contributed by atoms with Crippen molar-refractivity contribution in [2.24, 2.45) is 5.92 Å². The minimum absolute atomic E-state index is 0.0147. The second kappa shape index (κ2) is 7.21. The zero-order valence-corrected chi connectivity index (χ0v) is 18.0. The number of nitrogens with one attached hydrogen (secondary N) is 2. The molecule has 33 heavy (non-hydrogen) atoms. The number of fused-ring (bicyclic) bond motifs is 2. The Morgan fingerprint density at radius 2 is 1.88 bits per heavy atom. The molecule has 3 aliphatic heterocycles. The fourth-order valence-corrected chi connectivity index (χ4v) is 4.92. The van der Waals surface area contributed by atoms with E-state index in [-0.39, 0.29) is 29.6 Å². The maximum absolute atomic E-state index is 13.5. The van der Waals surface area contributed by atoms with Crippen LogP contribution in [0.1, 0.15) is 36.4 Å². The SMILES string of the molecule is COc1ccc2c(c1)OC(C1CNC1)CC2NC(=O)C1(c2ccc3c(c2)OC(F)(F)O3)CC1. The Labute approximate surface area is 189 Å². The molecule has 0 aromatic heterocycles. The molecule has 2 aromatic rings. The van der Waals surface area contributed by atoms with Gasteiger partial charge in [0.15, 0.2) is 11.5 Å². The molecule has 1 amide bonds. The highest BCUT2D eigenvalue weighted by Crippen LogP contribution is 2.52. The number of halogens is 2. The van der Waals surface area contributed by atoms with Crippen LogP contribution in [0.15, 0.2) is 36.4 Å². The van der Waals surface area contributed by atoms with E-state index in [4.69, 9.17) is 9.47 Å². The third-order valence-electron chi connectivity index (χ3n) is 7.13. The Bertz CT molecular complexity index is 1120. The van der Waals surface area contributed by atoms with Crippen LogP contribution < -0.4 is 29.6 Å². The van der Waals surface area contributed by atoms with Crippen LogP contribution in [-0.4, -0.2) is 38.5 Å². The van der Waals surface area contributed by atoms with Crippen LogP contribution in [0.4, 0.5) is 8.78 Å². The molecule has 2 fully saturated rings. The highest BCUT2D eigenvalue weighted by molar-refractivity contribution is 5.92. The van der Waals surface area contributed by atoms with Crippen molar-refractivity contribution in [3.8, 4) is 23.0 Å². The van der Waals surface area contributed by atoms with E-state index in [1.54, 1.807) is 13.2 Å². The van der Waals surface area contributed by atoms with Crippen molar-refractivity contribution in [1.29, 1.82) is 0 Å². The lowest BCUT2D eigenvalue weighted by Crippen LogP contribution is -2.53. The number of amides is 1. The Kier molecular flexibility index (Phi) is 4.49. The molecule has 2 unspecified atom stereocenters. The maximum atomic E-state index is 13.5. The van der Waals surface area contributed by atoms with Gasteiger partial charge >= 0.3 is 6.29 Å². The molecule has 1 saturated carbocycles. The van der Waals surface area contributed by atoms with E-state index < -0.39 is 11.7 Å². The van der Waals surface area contributed by atoms with E-state index in [1.807, 2.05) is 18.2 Å². The van der Waals surface area contributed by atoms with Crippen LogP contribution >= 0.6 is 0 Å². The molecule has 2 atom stereocenters. The predicted molar refractivity (Wildman–Crippen MR) is 113 cm³/mol. The van der Waals surface area contributed by atoms with Gasteiger partial charge in [0.25, 0.3) is 0 Å². The van der Waals surface area contributed by atoms with E-state index in [9.17, 15) is 13.6 Å². The Morgan fingerprint density at radius 3 is 2.58 bits per heavy atom. The molecule has 0 spiro atoms. The van der Waals surface area contributed by atoms with Crippen LogP contribution in [0, 0.1) is 5.92 Å². The van der Waals surface area contributed by atoms with Crippen molar-refractivity contribution in [2.75, 3.05) is 20.2 Å². The quantitative estimate of drug-likeness (QED) is 0.716. The molecular formula is C24H24F2N2O5. The van der Waals surface area contributed by atoms with Gasteiger partial charge in [-0.1, -0.05) is 6.07 Å². The largest absolute Gasteiger partial charge is 0.586 e. The molecular weight excluding hydrogens is 434 g/mol. The topological polar surface area (TPSA) is 78.1 Å². The molecule has 9 heteroatoms. The number of hydrogen-bond donors (Lipinski definition) is 2. The van der Waals surface area contributed by atoms with Crippen molar-refractivity contribution in [3.05, 3.63) is 47.5 Å². The molecule has 6 rings (SSSR count). The fraction of sp³-hybridized carbons (Fsp3) is 0.458. The minimum atomic E-state index is -3.68. The van der Waals surface area contributed by atoms with E-state index in [0.29, 0.717) is 36.5 Å².